The molecule has 8 nitrogen and oxygen atoms in total. The SMILES string of the molecule is CC/C=C\C/C=C\C/C=C\C/C=C\CCCCCCCCCCCCCCCCCCCCC(=O)NC(COP(=O)(O)OCC[N+](C)(C)C)C(O)CCCCCCCCCCCCCCCCCCCCCCC. The van der Waals surface area contributed by atoms with E-state index in [-0.39, 0.29) is 19.1 Å². The van der Waals surface area contributed by atoms with Gasteiger partial charge in [0.25, 0.3) is 0 Å². The van der Waals surface area contributed by atoms with E-state index in [2.05, 4.69) is 67.8 Å². The lowest BCUT2D eigenvalue weighted by atomic mass is 10.0. The number of allylic oxidation sites excluding steroid dienone is 8. The molecule has 0 heterocycles. The van der Waals surface area contributed by atoms with Crippen molar-refractivity contribution in [1.29, 1.82) is 0 Å². The van der Waals surface area contributed by atoms with Crippen molar-refractivity contribution >= 4 is 13.7 Å². The minimum Gasteiger partial charge on any atom is -0.391 e. The first-order valence-corrected chi connectivity index (χ1v) is 33.5. The number of unbranched alkanes of at least 4 members (excludes halogenated alkanes) is 38. The molecule has 3 unspecified atom stereocenters. The Hall–Kier alpha value is -1.54. The average Bonchev–Trinajstić information content (AvgIpc) is 3.36. The molecule has 1 amide bonds. The van der Waals surface area contributed by atoms with E-state index in [1.165, 1.54) is 218 Å². The first-order valence-electron chi connectivity index (χ1n) is 32.0. The molecule has 0 aromatic heterocycles. The molecule has 0 aliphatic carbocycles. The largest absolute Gasteiger partial charge is 0.472 e. The predicted octanol–water partition coefficient (Wildman–Crippen LogP) is 19.9. The van der Waals surface area contributed by atoms with E-state index >= 15 is 0 Å². The van der Waals surface area contributed by atoms with Crippen molar-refractivity contribution in [3.63, 3.8) is 0 Å². The molecule has 74 heavy (non-hydrogen) atoms. The number of hydrogen-bond donors (Lipinski definition) is 3. The van der Waals surface area contributed by atoms with Crippen molar-refractivity contribution in [2.45, 2.75) is 321 Å². The Labute approximate surface area is 460 Å². The fourth-order valence-corrected chi connectivity index (χ4v) is 10.4. The normalized spacial score (nSPS) is 14.1. The fraction of sp³-hybridized carbons (Fsp3) is 0.862. The molecule has 3 atom stereocenters. The Bertz CT molecular complexity index is 1340. The topological polar surface area (TPSA) is 105 Å². The summed E-state index contributed by atoms with van der Waals surface area (Å²) in [6.07, 6.45) is 74.7. The summed E-state index contributed by atoms with van der Waals surface area (Å²) in [5.74, 6) is -0.139. The second-order valence-corrected chi connectivity index (χ2v) is 24.6. The zero-order chi connectivity index (χ0) is 54.2. The van der Waals surface area contributed by atoms with Crippen LogP contribution in [-0.2, 0) is 18.4 Å². The lowest BCUT2D eigenvalue weighted by molar-refractivity contribution is -0.870. The van der Waals surface area contributed by atoms with Crippen molar-refractivity contribution in [3.8, 4) is 0 Å². The van der Waals surface area contributed by atoms with Crippen molar-refractivity contribution in [3.05, 3.63) is 48.6 Å². The summed E-state index contributed by atoms with van der Waals surface area (Å²) in [5, 5.41) is 14.1. The van der Waals surface area contributed by atoms with Gasteiger partial charge < -0.3 is 19.8 Å². The Morgan fingerprint density at radius 2 is 0.811 bits per heavy atom. The molecule has 0 saturated heterocycles. The number of carbonyl (C=O) groups is 1. The summed E-state index contributed by atoms with van der Waals surface area (Å²) in [4.78, 5) is 23.4. The van der Waals surface area contributed by atoms with Crippen molar-refractivity contribution in [1.82, 2.24) is 5.32 Å². The van der Waals surface area contributed by atoms with Crippen LogP contribution in [0.25, 0.3) is 0 Å². The number of nitrogens with zero attached hydrogens (tertiary/aromatic N) is 1. The fourth-order valence-electron chi connectivity index (χ4n) is 9.63. The molecule has 0 saturated carbocycles. The van der Waals surface area contributed by atoms with Gasteiger partial charge in [0.1, 0.15) is 13.2 Å². The van der Waals surface area contributed by atoms with E-state index in [9.17, 15) is 19.4 Å². The van der Waals surface area contributed by atoms with Gasteiger partial charge in [-0.05, 0) is 51.4 Å². The van der Waals surface area contributed by atoms with E-state index in [0.29, 0.717) is 23.9 Å². The number of phosphoric acid groups is 1. The maximum atomic E-state index is 13.0. The summed E-state index contributed by atoms with van der Waals surface area (Å²) in [6.45, 7) is 4.82. The highest BCUT2D eigenvalue weighted by atomic mass is 31.2. The van der Waals surface area contributed by atoms with Crippen LogP contribution >= 0.6 is 7.82 Å². The third kappa shape index (κ3) is 58.1. The van der Waals surface area contributed by atoms with Gasteiger partial charge in [0, 0.05) is 6.42 Å². The molecule has 0 fully saturated rings. The zero-order valence-corrected chi connectivity index (χ0v) is 50.7. The van der Waals surface area contributed by atoms with E-state index in [4.69, 9.17) is 9.05 Å². The summed E-state index contributed by atoms with van der Waals surface area (Å²) < 4.78 is 23.8. The summed E-state index contributed by atoms with van der Waals surface area (Å²) >= 11 is 0. The molecule has 0 rings (SSSR count). The number of phosphoric ester groups is 1. The van der Waals surface area contributed by atoms with Gasteiger partial charge in [0.2, 0.25) is 5.91 Å². The summed E-state index contributed by atoms with van der Waals surface area (Å²) in [5.41, 5.74) is 0. The van der Waals surface area contributed by atoms with Crippen LogP contribution in [-0.4, -0.2) is 73.4 Å². The van der Waals surface area contributed by atoms with Gasteiger partial charge in [-0.25, -0.2) is 4.57 Å². The number of aliphatic hydroxyl groups is 1. The maximum absolute atomic E-state index is 13.0. The predicted molar refractivity (Wildman–Crippen MR) is 323 cm³/mol. The van der Waals surface area contributed by atoms with Gasteiger partial charge in [-0.1, -0.05) is 300 Å². The number of rotatable bonds is 59. The third-order valence-electron chi connectivity index (χ3n) is 14.6. The van der Waals surface area contributed by atoms with Crippen LogP contribution in [0.1, 0.15) is 309 Å². The van der Waals surface area contributed by atoms with Crippen LogP contribution in [0.5, 0.6) is 0 Å². The molecule has 0 aliphatic rings. The lowest BCUT2D eigenvalue weighted by Crippen LogP contribution is -2.46. The molecule has 0 aromatic rings. The smallest absolute Gasteiger partial charge is 0.391 e. The van der Waals surface area contributed by atoms with Crippen molar-refractivity contribution in [2.24, 2.45) is 0 Å². The van der Waals surface area contributed by atoms with Gasteiger partial charge in [-0.2, -0.15) is 0 Å². The first-order chi connectivity index (χ1) is 36.0. The van der Waals surface area contributed by atoms with Crippen LogP contribution in [0, 0.1) is 0 Å². The quantitative estimate of drug-likeness (QED) is 0.0243. The molecule has 0 radical (unpaired) electrons. The average molecular weight is 1060 g/mol. The number of nitrogens with one attached hydrogen (secondary N) is 1. The Balaban J connectivity index is 4.05. The number of carbonyl (C=O) groups excluding carboxylic acids is 1. The van der Waals surface area contributed by atoms with Gasteiger partial charge in [0.15, 0.2) is 0 Å². The van der Waals surface area contributed by atoms with Crippen LogP contribution in [0.2, 0.25) is 0 Å². The van der Waals surface area contributed by atoms with E-state index in [0.717, 1.165) is 64.2 Å². The molecular weight excluding hydrogens is 936 g/mol. The minimum absolute atomic E-state index is 0.0758. The van der Waals surface area contributed by atoms with Gasteiger partial charge in [-0.15, -0.1) is 0 Å². The van der Waals surface area contributed by atoms with Crippen molar-refractivity contribution < 1.29 is 32.9 Å². The number of likely N-dealkylation sites (N-methyl/N-ethyl adjacent to an activating group) is 1. The summed E-state index contributed by atoms with van der Waals surface area (Å²) in [7, 11) is 1.63. The van der Waals surface area contributed by atoms with Gasteiger partial charge in [-0.3, -0.25) is 13.8 Å². The summed E-state index contributed by atoms with van der Waals surface area (Å²) in [6, 6.07) is -0.761. The Morgan fingerprint density at radius 1 is 0.473 bits per heavy atom. The van der Waals surface area contributed by atoms with E-state index in [1.54, 1.807) is 0 Å². The molecule has 0 aromatic carbocycles. The number of quaternary nitrogens is 1. The highest BCUT2D eigenvalue weighted by Gasteiger charge is 2.28. The maximum Gasteiger partial charge on any atom is 0.472 e. The highest BCUT2D eigenvalue weighted by molar-refractivity contribution is 7.47. The first kappa shape index (κ1) is 72.5. The molecule has 0 spiro atoms. The number of aliphatic hydroxyl groups excluding tert-OH is 1. The van der Waals surface area contributed by atoms with Crippen LogP contribution < -0.4 is 5.32 Å². The van der Waals surface area contributed by atoms with Crippen LogP contribution in [0.3, 0.4) is 0 Å². The molecule has 9 heteroatoms. The molecule has 436 valence electrons. The highest BCUT2D eigenvalue weighted by Crippen LogP contribution is 2.43. The van der Waals surface area contributed by atoms with Gasteiger partial charge in [0.05, 0.1) is 39.9 Å². The molecule has 0 bridgehead atoms. The van der Waals surface area contributed by atoms with E-state index < -0.39 is 20.0 Å². The molecule has 0 aliphatic heterocycles. The second kappa shape index (κ2) is 56.2. The Morgan fingerprint density at radius 3 is 1.19 bits per heavy atom. The third-order valence-corrected chi connectivity index (χ3v) is 15.6. The number of hydrogen-bond acceptors (Lipinski definition) is 5. The standard InChI is InChI=1S/C65H125N2O6P/c1-6-8-10-12-14-16-18-20-22-24-26-28-29-30-31-32-33-34-35-36-37-39-41-43-45-47-49-51-53-55-57-59-65(69)66-63(62-73-74(70,71)72-61-60-67(3,4)5)64(68)58-56-54-52-50-48-46-44-42-40-38-27-25-23-21-19-17-15-13-11-9-7-2/h8,10,14,16,20,22,26,28,63-64,68H,6-7,9,11-13,15,17-19,21,23-25,27,29-62H2,1-5H3,(H-,66,69,70,71)/p+1/b10-8-,16-14-,22-20-,28-26-. The Kier molecular flexibility index (Phi) is 55.0. The number of amides is 1. The lowest BCUT2D eigenvalue weighted by Gasteiger charge is -2.26. The van der Waals surface area contributed by atoms with Crippen LogP contribution in [0.15, 0.2) is 48.6 Å². The monoisotopic (exact) mass is 1060 g/mol. The second-order valence-electron chi connectivity index (χ2n) is 23.1. The zero-order valence-electron chi connectivity index (χ0n) is 49.8. The minimum atomic E-state index is -4.33. The molecule has 3 N–H and O–H groups in total. The van der Waals surface area contributed by atoms with Gasteiger partial charge >= 0.3 is 7.82 Å². The van der Waals surface area contributed by atoms with Crippen LogP contribution in [0.4, 0.5) is 0 Å². The van der Waals surface area contributed by atoms with E-state index in [1.807, 2.05) is 21.1 Å². The van der Waals surface area contributed by atoms with Crippen molar-refractivity contribution in [2.75, 3.05) is 40.9 Å². The molecular formula is C65H126N2O6P+.